The van der Waals surface area contributed by atoms with Crippen molar-refractivity contribution in [2.24, 2.45) is 0 Å². The molecule has 2 rings (SSSR count). The summed E-state index contributed by atoms with van der Waals surface area (Å²) in [4.78, 5) is 4.50. The van der Waals surface area contributed by atoms with Gasteiger partial charge in [-0.05, 0) is 12.1 Å². The Bertz CT molecular complexity index is 475. The Morgan fingerprint density at radius 3 is 2.93 bits per heavy atom. The van der Waals surface area contributed by atoms with Crippen molar-refractivity contribution in [2.75, 3.05) is 11.9 Å². The Labute approximate surface area is 94.3 Å². The minimum absolute atomic E-state index is 0.209. The first-order valence-electron chi connectivity index (χ1n) is 4.68. The zero-order valence-electron chi connectivity index (χ0n) is 8.09. The number of para-hydroxylation sites is 1. The molecule has 0 aliphatic carbocycles. The average molecular weight is 235 g/mol. The third-order valence-electron chi connectivity index (χ3n) is 2.01. The van der Waals surface area contributed by atoms with E-state index < -0.39 is 0 Å². The number of hydrogen-bond donors (Lipinski definition) is 0. The minimum Gasteiger partial charge on any atom is -0.275 e. The van der Waals surface area contributed by atoms with E-state index >= 15 is 0 Å². The Hall–Kier alpha value is -0.920. The molecule has 2 nitrogen and oxygen atoms in total. The van der Waals surface area contributed by atoms with Crippen molar-refractivity contribution in [2.45, 2.75) is 5.03 Å². The van der Waals surface area contributed by atoms with Gasteiger partial charge in [0.25, 0.3) is 0 Å². The van der Waals surface area contributed by atoms with Crippen LogP contribution in [0.15, 0.2) is 41.4 Å². The summed E-state index contributed by atoms with van der Waals surface area (Å²) in [5.74, 6) is 0.844. The van der Waals surface area contributed by atoms with E-state index in [0.717, 1.165) is 21.7 Å². The van der Waals surface area contributed by atoms with E-state index in [0.29, 0.717) is 6.16 Å². The molecule has 0 spiro atoms. The molecule has 0 N–H and O–H groups in total. The van der Waals surface area contributed by atoms with Crippen LogP contribution in [-0.2, 0) is 4.57 Å². The Balaban J connectivity index is 2.19. The van der Waals surface area contributed by atoms with Crippen LogP contribution in [0.25, 0.3) is 10.9 Å². The van der Waals surface area contributed by atoms with E-state index in [1.165, 1.54) is 0 Å². The van der Waals surface area contributed by atoms with Crippen molar-refractivity contribution in [3.63, 3.8) is 0 Å². The maximum absolute atomic E-state index is 10.3. The van der Waals surface area contributed by atoms with Crippen LogP contribution in [0.2, 0.25) is 0 Å². The first-order valence-corrected chi connectivity index (χ1v) is 6.66. The van der Waals surface area contributed by atoms with Crippen LogP contribution >= 0.6 is 20.2 Å². The quantitative estimate of drug-likeness (QED) is 0.460. The molecule has 76 valence electrons. The smallest absolute Gasteiger partial charge is 0.156 e. The highest BCUT2D eigenvalue weighted by atomic mass is 32.2. The highest BCUT2D eigenvalue weighted by molar-refractivity contribution is 7.99. The van der Waals surface area contributed by atoms with E-state index in [1.807, 2.05) is 30.3 Å². The van der Waals surface area contributed by atoms with Crippen molar-refractivity contribution in [3.05, 3.63) is 36.4 Å². The molecule has 0 radical (unpaired) electrons. The second-order valence-electron chi connectivity index (χ2n) is 3.04. The molecule has 1 aromatic heterocycles. The summed E-state index contributed by atoms with van der Waals surface area (Å²) in [5.41, 5.74) is 1.02. The zero-order chi connectivity index (χ0) is 10.5. The lowest BCUT2D eigenvalue weighted by Crippen LogP contribution is -1.85. The van der Waals surface area contributed by atoms with Crippen LogP contribution in [0.1, 0.15) is 0 Å². The first kappa shape index (κ1) is 10.6. The largest absolute Gasteiger partial charge is 0.275 e. The molecule has 1 aromatic carbocycles. The van der Waals surface area contributed by atoms with E-state index in [4.69, 9.17) is 0 Å². The Morgan fingerprint density at radius 1 is 1.20 bits per heavy atom. The summed E-state index contributed by atoms with van der Waals surface area (Å²) >= 11 is 1.64. The molecule has 0 unspecified atom stereocenters. The number of nitrogens with zero attached hydrogens (tertiary/aromatic N) is 1. The molecular formula is C11H10NOPS. The van der Waals surface area contributed by atoms with Crippen LogP contribution < -0.4 is 0 Å². The molecule has 1 heterocycles. The summed E-state index contributed by atoms with van der Waals surface area (Å²) in [6, 6.07) is 12.1. The number of pyridine rings is 1. The maximum atomic E-state index is 10.3. The summed E-state index contributed by atoms with van der Waals surface area (Å²) in [7, 11) is 0.209. The van der Waals surface area contributed by atoms with Gasteiger partial charge in [-0.25, -0.2) is 4.98 Å². The van der Waals surface area contributed by atoms with E-state index in [9.17, 15) is 4.57 Å². The summed E-state index contributed by atoms with van der Waals surface area (Å²) in [6.07, 6.45) is 0.680. The number of hydrogen-bond acceptors (Lipinski definition) is 3. The fourth-order valence-corrected chi connectivity index (χ4v) is 2.51. The number of thioether (sulfide) groups is 1. The highest BCUT2D eigenvalue weighted by Gasteiger charge is 1.98. The normalized spacial score (nSPS) is 10.9. The third-order valence-corrected chi connectivity index (χ3v) is 3.65. The molecule has 0 saturated carbocycles. The lowest BCUT2D eigenvalue weighted by atomic mass is 10.2. The maximum Gasteiger partial charge on any atom is 0.156 e. The van der Waals surface area contributed by atoms with Gasteiger partial charge < -0.3 is 0 Å². The van der Waals surface area contributed by atoms with Crippen LogP contribution in [0.4, 0.5) is 0 Å². The second kappa shape index (κ2) is 5.24. The van der Waals surface area contributed by atoms with Crippen molar-refractivity contribution < 1.29 is 4.57 Å². The fraction of sp³-hybridized carbons (Fsp3) is 0.182. The molecule has 0 fully saturated rings. The lowest BCUT2D eigenvalue weighted by molar-refractivity contribution is 0.599. The second-order valence-corrected chi connectivity index (χ2v) is 4.86. The molecule has 0 atom stereocenters. The lowest BCUT2D eigenvalue weighted by Gasteiger charge is -2.00. The van der Waals surface area contributed by atoms with Gasteiger partial charge in [0.1, 0.15) is 0 Å². The highest BCUT2D eigenvalue weighted by Crippen LogP contribution is 2.20. The predicted octanol–water partition coefficient (Wildman–Crippen LogP) is 3.62. The molecule has 0 aliphatic rings. The average Bonchev–Trinajstić information content (AvgIpc) is 2.29. The van der Waals surface area contributed by atoms with Crippen LogP contribution in [0.3, 0.4) is 0 Å². The summed E-state index contributed by atoms with van der Waals surface area (Å²) in [6.45, 7) is 0. The molecule has 0 aliphatic heterocycles. The fourth-order valence-electron chi connectivity index (χ4n) is 1.32. The molecular weight excluding hydrogens is 225 g/mol. The molecule has 0 bridgehead atoms. The van der Waals surface area contributed by atoms with Crippen LogP contribution in [-0.4, -0.2) is 16.9 Å². The number of aromatic nitrogens is 1. The van der Waals surface area contributed by atoms with Gasteiger partial charge >= 0.3 is 0 Å². The Kier molecular flexibility index (Phi) is 3.70. The van der Waals surface area contributed by atoms with E-state index in [-0.39, 0.29) is 8.46 Å². The number of benzene rings is 1. The molecule has 0 amide bonds. The number of rotatable bonds is 4. The van der Waals surface area contributed by atoms with Gasteiger partial charge in [0.15, 0.2) is 8.46 Å². The van der Waals surface area contributed by atoms with Crippen molar-refractivity contribution >= 4 is 31.1 Å². The van der Waals surface area contributed by atoms with Gasteiger partial charge in [-0.15, -0.1) is 11.8 Å². The van der Waals surface area contributed by atoms with Crippen molar-refractivity contribution in [3.8, 4) is 0 Å². The van der Waals surface area contributed by atoms with Crippen molar-refractivity contribution in [1.82, 2.24) is 4.98 Å². The SMILES string of the molecule is O=PCCSc1ccc2ccccc2n1. The Morgan fingerprint density at radius 2 is 2.07 bits per heavy atom. The predicted molar refractivity (Wildman–Crippen MR) is 64.9 cm³/mol. The first-order chi connectivity index (χ1) is 7.40. The van der Waals surface area contributed by atoms with Gasteiger partial charge in [-0.3, -0.25) is 4.57 Å². The topological polar surface area (TPSA) is 30.0 Å². The number of fused-ring (bicyclic) bond motifs is 1. The zero-order valence-corrected chi connectivity index (χ0v) is 9.80. The summed E-state index contributed by atoms with van der Waals surface area (Å²) in [5, 5.41) is 2.15. The minimum atomic E-state index is 0.209. The van der Waals surface area contributed by atoms with Crippen LogP contribution in [0, 0.1) is 0 Å². The van der Waals surface area contributed by atoms with Gasteiger partial charge in [-0.1, -0.05) is 24.3 Å². The molecule has 0 saturated heterocycles. The van der Waals surface area contributed by atoms with Gasteiger partial charge in [-0.2, -0.15) is 0 Å². The summed E-state index contributed by atoms with van der Waals surface area (Å²) < 4.78 is 10.3. The molecule has 15 heavy (non-hydrogen) atoms. The van der Waals surface area contributed by atoms with Crippen LogP contribution in [0.5, 0.6) is 0 Å². The molecule has 4 heteroatoms. The van der Waals surface area contributed by atoms with Gasteiger partial charge in [0, 0.05) is 17.3 Å². The third kappa shape index (κ3) is 2.77. The standard InChI is InChI=1S/C11H10NOPS/c13-14-7-8-15-11-6-5-9-3-1-2-4-10(9)12-11/h1-6H,7-8H2. The van der Waals surface area contributed by atoms with Crippen molar-refractivity contribution in [1.29, 1.82) is 0 Å². The monoisotopic (exact) mass is 235 g/mol. The molecule has 2 aromatic rings. The van der Waals surface area contributed by atoms with Gasteiger partial charge in [0.2, 0.25) is 0 Å². The van der Waals surface area contributed by atoms with E-state index in [2.05, 4.69) is 11.1 Å². The van der Waals surface area contributed by atoms with Gasteiger partial charge in [0.05, 0.1) is 10.5 Å². The van der Waals surface area contributed by atoms with E-state index in [1.54, 1.807) is 11.8 Å².